The maximum atomic E-state index is 13.3. The Morgan fingerprint density at radius 1 is 0.970 bits per heavy atom. The van der Waals surface area contributed by atoms with Crippen molar-refractivity contribution in [3.8, 4) is 11.5 Å². The largest absolute Gasteiger partial charge is 0.495 e. The number of amides is 2. The van der Waals surface area contributed by atoms with Crippen molar-refractivity contribution in [2.75, 3.05) is 12.0 Å². The van der Waals surface area contributed by atoms with E-state index in [9.17, 15) is 28.3 Å². The van der Waals surface area contributed by atoms with Crippen molar-refractivity contribution >= 4 is 34.2 Å². The summed E-state index contributed by atoms with van der Waals surface area (Å²) in [4.78, 5) is 38.9. The van der Waals surface area contributed by atoms with E-state index in [-0.39, 0.29) is 28.0 Å². The number of anilines is 1. The fraction of sp³-hybridized carbons (Fsp3) is 0.208. The molecule has 0 bridgehead atoms. The zero-order valence-corrected chi connectivity index (χ0v) is 17.7. The van der Waals surface area contributed by atoms with Crippen LogP contribution in [-0.2, 0) is 4.79 Å². The van der Waals surface area contributed by atoms with Crippen LogP contribution < -0.4 is 14.4 Å². The first kappa shape index (κ1) is 22.2. The van der Waals surface area contributed by atoms with Gasteiger partial charge in [-0.2, -0.15) is 8.78 Å². The number of fused-ring (bicyclic) bond motifs is 2. The third kappa shape index (κ3) is 3.55. The van der Waals surface area contributed by atoms with Crippen LogP contribution in [0.4, 0.5) is 14.5 Å². The predicted molar refractivity (Wildman–Crippen MR) is 115 cm³/mol. The summed E-state index contributed by atoms with van der Waals surface area (Å²) in [6.07, 6.45) is 0.361. The van der Waals surface area contributed by atoms with Crippen molar-refractivity contribution in [2.24, 2.45) is 0 Å². The summed E-state index contributed by atoms with van der Waals surface area (Å²) < 4.78 is 36.6. The van der Waals surface area contributed by atoms with E-state index in [0.717, 1.165) is 4.90 Å². The number of nitrogens with zero attached hydrogens (tertiary/aromatic N) is 1. The van der Waals surface area contributed by atoms with Gasteiger partial charge >= 0.3 is 12.6 Å². The molecule has 9 heteroatoms. The van der Waals surface area contributed by atoms with E-state index in [1.807, 2.05) is 0 Å². The van der Waals surface area contributed by atoms with Crippen LogP contribution in [-0.4, -0.2) is 36.6 Å². The Labute approximate surface area is 187 Å². The van der Waals surface area contributed by atoms with Crippen molar-refractivity contribution in [3.05, 3.63) is 65.2 Å². The van der Waals surface area contributed by atoms with E-state index < -0.39 is 36.1 Å². The lowest BCUT2D eigenvalue weighted by atomic mass is 9.96. The van der Waals surface area contributed by atoms with Gasteiger partial charge in [-0.3, -0.25) is 14.4 Å². The molecular weight excluding hydrogens is 436 g/mol. The second-order valence-electron chi connectivity index (χ2n) is 7.37. The fourth-order valence-electron chi connectivity index (χ4n) is 4.17. The summed E-state index contributed by atoms with van der Waals surface area (Å²) in [6, 6.07) is 12.3. The van der Waals surface area contributed by atoms with Crippen LogP contribution in [0, 0.1) is 0 Å². The van der Waals surface area contributed by atoms with Crippen LogP contribution in [0.25, 0.3) is 10.8 Å². The smallest absolute Gasteiger partial charge is 0.387 e. The van der Waals surface area contributed by atoms with Gasteiger partial charge in [0.15, 0.2) is 0 Å². The monoisotopic (exact) mass is 455 g/mol. The molecule has 7 nitrogen and oxygen atoms in total. The number of imide groups is 1. The minimum atomic E-state index is -3.22. The minimum absolute atomic E-state index is 0.0802. The summed E-state index contributed by atoms with van der Waals surface area (Å²) in [5, 5.41) is 9.91. The number of rotatable bonds is 7. The van der Waals surface area contributed by atoms with Crippen LogP contribution in [0.5, 0.6) is 11.5 Å². The molecule has 0 aromatic heterocycles. The number of benzene rings is 3. The van der Waals surface area contributed by atoms with Crippen LogP contribution in [0.1, 0.15) is 45.5 Å². The highest BCUT2D eigenvalue weighted by Gasteiger charge is 2.44. The lowest BCUT2D eigenvalue weighted by Gasteiger charge is -2.16. The first-order chi connectivity index (χ1) is 15.8. The summed E-state index contributed by atoms with van der Waals surface area (Å²) >= 11 is 0. The second kappa shape index (κ2) is 8.50. The number of ether oxygens (including phenoxy) is 2. The molecule has 1 N–H and O–H groups in total. The number of hydrogen-bond acceptors (Lipinski definition) is 5. The first-order valence-corrected chi connectivity index (χ1v) is 10.1. The molecule has 0 spiro atoms. The van der Waals surface area contributed by atoms with Crippen molar-refractivity contribution in [2.45, 2.75) is 25.9 Å². The van der Waals surface area contributed by atoms with Gasteiger partial charge in [0.2, 0.25) is 0 Å². The van der Waals surface area contributed by atoms with Crippen molar-refractivity contribution in [1.29, 1.82) is 0 Å². The maximum Gasteiger partial charge on any atom is 0.387 e. The summed E-state index contributed by atoms with van der Waals surface area (Å²) in [5.74, 6) is -3.64. The SMILES string of the molecule is CCC(C(=O)O)c1ccc(N2C(=O)c3c(c(OC(F)F)c4ccccc4c3OC)C2=O)cc1. The number of alkyl halides is 2. The van der Waals surface area contributed by atoms with Gasteiger partial charge in [0, 0.05) is 10.8 Å². The molecule has 0 saturated carbocycles. The Hall–Kier alpha value is -4.01. The summed E-state index contributed by atoms with van der Waals surface area (Å²) in [6.45, 7) is -1.48. The minimum Gasteiger partial charge on any atom is -0.495 e. The van der Waals surface area contributed by atoms with Gasteiger partial charge in [-0.1, -0.05) is 43.3 Å². The van der Waals surface area contributed by atoms with Crippen molar-refractivity contribution in [1.82, 2.24) is 0 Å². The molecule has 3 aromatic carbocycles. The van der Waals surface area contributed by atoms with E-state index in [0.29, 0.717) is 17.4 Å². The Bertz CT molecular complexity index is 1270. The van der Waals surface area contributed by atoms with Crippen molar-refractivity contribution < 1.29 is 37.7 Å². The van der Waals surface area contributed by atoms with E-state index in [2.05, 4.69) is 0 Å². The van der Waals surface area contributed by atoms with Gasteiger partial charge in [-0.05, 0) is 24.1 Å². The quantitative estimate of drug-likeness (QED) is 0.513. The highest BCUT2D eigenvalue weighted by molar-refractivity contribution is 6.38. The van der Waals surface area contributed by atoms with E-state index in [1.165, 1.54) is 37.4 Å². The highest BCUT2D eigenvalue weighted by atomic mass is 19.3. The number of carboxylic acid groups (broad SMARTS) is 1. The fourth-order valence-corrected chi connectivity index (χ4v) is 4.17. The third-order valence-corrected chi connectivity index (χ3v) is 5.63. The average molecular weight is 455 g/mol. The normalized spacial score (nSPS) is 14.0. The number of hydrogen-bond donors (Lipinski definition) is 1. The molecule has 3 aromatic rings. The Morgan fingerprint density at radius 2 is 1.52 bits per heavy atom. The van der Waals surface area contributed by atoms with E-state index >= 15 is 0 Å². The lowest BCUT2D eigenvalue weighted by molar-refractivity contribution is -0.138. The molecule has 170 valence electrons. The topological polar surface area (TPSA) is 93.1 Å². The Morgan fingerprint density at radius 3 is 2.00 bits per heavy atom. The van der Waals surface area contributed by atoms with Gasteiger partial charge < -0.3 is 14.6 Å². The molecule has 2 amide bonds. The first-order valence-electron chi connectivity index (χ1n) is 10.1. The van der Waals surface area contributed by atoms with E-state index in [4.69, 9.17) is 9.47 Å². The van der Waals surface area contributed by atoms with Gasteiger partial charge in [-0.15, -0.1) is 0 Å². The molecule has 1 aliphatic rings. The molecule has 1 unspecified atom stereocenters. The van der Waals surface area contributed by atoms with Gasteiger partial charge in [0.1, 0.15) is 11.5 Å². The number of aliphatic carboxylic acids is 1. The van der Waals surface area contributed by atoms with Crippen LogP contribution in [0.2, 0.25) is 0 Å². The molecule has 4 rings (SSSR count). The zero-order chi connectivity index (χ0) is 23.9. The Balaban J connectivity index is 1.88. The van der Waals surface area contributed by atoms with E-state index in [1.54, 1.807) is 25.1 Å². The van der Waals surface area contributed by atoms with Crippen LogP contribution in [0.15, 0.2) is 48.5 Å². The summed E-state index contributed by atoms with van der Waals surface area (Å²) in [7, 11) is 1.32. The summed E-state index contributed by atoms with van der Waals surface area (Å²) in [5.41, 5.74) is 0.199. The molecular formula is C24H19F2NO6. The molecule has 0 radical (unpaired) electrons. The molecule has 1 heterocycles. The molecule has 33 heavy (non-hydrogen) atoms. The molecule has 0 saturated heterocycles. The number of halogens is 2. The standard InChI is InChI=1S/C24H19F2NO6/c1-3-14(23(30)31)12-8-10-13(11-9-12)27-21(28)17-18(22(27)29)20(33-24(25)26)16-7-5-4-6-15(16)19(17)32-2/h4-11,14,24H,3H2,1-2H3,(H,30,31). The molecule has 1 atom stereocenters. The average Bonchev–Trinajstić information content (AvgIpc) is 3.05. The van der Waals surface area contributed by atoms with Gasteiger partial charge in [0.25, 0.3) is 11.8 Å². The number of carbonyl (C=O) groups excluding carboxylic acids is 2. The third-order valence-electron chi connectivity index (χ3n) is 5.63. The number of carbonyl (C=O) groups is 3. The Kier molecular flexibility index (Phi) is 5.71. The second-order valence-corrected chi connectivity index (χ2v) is 7.37. The van der Waals surface area contributed by atoms with Gasteiger partial charge in [-0.25, -0.2) is 4.90 Å². The number of methoxy groups -OCH3 is 1. The van der Waals surface area contributed by atoms with Crippen LogP contribution >= 0.6 is 0 Å². The van der Waals surface area contributed by atoms with Crippen molar-refractivity contribution in [3.63, 3.8) is 0 Å². The maximum absolute atomic E-state index is 13.3. The molecule has 1 aliphatic heterocycles. The predicted octanol–water partition coefficient (Wildman–Crippen LogP) is 4.83. The lowest BCUT2D eigenvalue weighted by Crippen LogP contribution is -2.29. The van der Waals surface area contributed by atoms with Gasteiger partial charge in [0.05, 0.1) is 29.8 Å². The highest BCUT2D eigenvalue weighted by Crippen LogP contribution is 2.46. The molecule has 0 fully saturated rings. The number of carboxylic acids is 1. The zero-order valence-electron chi connectivity index (χ0n) is 17.7. The molecule has 0 aliphatic carbocycles. The van der Waals surface area contributed by atoms with Crippen LogP contribution in [0.3, 0.4) is 0 Å².